The van der Waals surface area contributed by atoms with E-state index >= 15 is 0 Å². The molecule has 0 aromatic rings. The van der Waals surface area contributed by atoms with E-state index in [1.165, 1.54) is 24.1 Å². The van der Waals surface area contributed by atoms with Crippen molar-refractivity contribution < 1.29 is 39.3 Å². The van der Waals surface area contributed by atoms with Crippen LogP contribution in [0.3, 0.4) is 0 Å². The van der Waals surface area contributed by atoms with Gasteiger partial charge >= 0.3 is 11.9 Å². The lowest BCUT2D eigenvalue weighted by molar-refractivity contribution is -0.904. The van der Waals surface area contributed by atoms with Gasteiger partial charge in [-0.3, -0.25) is 9.59 Å². The number of nitrogens with zero attached hydrogens (tertiary/aromatic N) is 1. The molecule has 0 aromatic carbocycles. The fourth-order valence-electron chi connectivity index (χ4n) is 1.38. The predicted molar refractivity (Wildman–Crippen MR) is 72.3 cm³/mol. The summed E-state index contributed by atoms with van der Waals surface area (Å²) in [6, 6.07) is 0. The highest BCUT2D eigenvalue weighted by atomic mass is 16.4. The topological polar surface area (TPSA) is 135 Å². The largest absolute Gasteiger partial charge is 0.547 e. The molecule has 8 nitrogen and oxygen atoms in total. The van der Waals surface area contributed by atoms with Crippen molar-refractivity contribution in [2.75, 3.05) is 26.7 Å². The lowest BCUT2D eigenvalue weighted by Crippen LogP contribution is -2.51. The Balaban J connectivity index is 0. The first kappa shape index (κ1) is 21.6. The molecule has 0 rings (SSSR count). The maximum absolute atomic E-state index is 10.2. The molecule has 0 bridgehead atoms. The average molecular weight is 307 g/mol. The first-order valence-electron chi connectivity index (χ1n) is 6.67. The Hall–Kier alpha value is -1.67. The normalized spacial score (nSPS) is 11.3. The van der Waals surface area contributed by atoms with Gasteiger partial charge in [0.2, 0.25) is 0 Å². The van der Waals surface area contributed by atoms with Gasteiger partial charge in [-0.25, -0.2) is 0 Å². The summed E-state index contributed by atoms with van der Waals surface area (Å²) in [6.07, 6.45) is -2.41. The van der Waals surface area contributed by atoms with Crippen LogP contribution in [-0.2, 0) is 14.4 Å². The standard InChI is InChI=1S/C7H18N.C6H8O7/c1-5-8(4,6-2)7-3;7-3(8)1-6(13,5(11)12)2-4(9)10/h5-7H2,1-4H3;13H,1-2H2,(H,7,8)(H,9,10)(H,11,12)/q+1;/p-1. The molecular formula is C13H25NO7. The number of rotatable bonds is 8. The zero-order chi connectivity index (χ0) is 17.3. The molecule has 3 N–H and O–H groups in total. The van der Waals surface area contributed by atoms with Crippen molar-refractivity contribution in [1.29, 1.82) is 0 Å². The fraction of sp³-hybridized carbons (Fsp3) is 0.769. The number of aliphatic hydroxyl groups is 1. The number of hydrogen-bond acceptors (Lipinski definition) is 5. The molecule has 0 amide bonds. The van der Waals surface area contributed by atoms with E-state index in [-0.39, 0.29) is 0 Å². The zero-order valence-corrected chi connectivity index (χ0v) is 13.0. The molecule has 0 fully saturated rings. The highest BCUT2D eigenvalue weighted by Crippen LogP contribution is 2.14. The summed E-state index contributed by atoms with van der Waals surface area (Å²) < 4.78 is 1.21. The number of carbonyl (C=O) groups is 3. The third kappa shape index (κ3) is 8.98. The van der Waals surface area contributed by atoms with Crippen LogP contribution in [0.2, 0.25) is 0 Å². The Bertz CT molecular complexity index is 339. The zero-order valence-electron chi connectivity index (χ0n) is 13.0. The summed E-state index contributed by atoms with van der Waals surface area (Å²) in [6.45, 7) is 10.5. The van der Waals surface area contributed by atoms with Crippen LogP contribution in [0.1, 0.15) is 33.6 Å². The molecule has 0 unspecified atom stereocenters. The molecule has 8 heteroatoms. The van der Waals surface area contributed by atoms with Gasteiger partial charge in [0.15, 0.2) is 0 Å². The highest BCUT2D eigenvalue weighted by Gasteiger charge is 2.34. The van der Waals surface area contributed by atoms with Crippen molar-refractivity contribution in [2.45, 2.75) is 39.2 Å². The second-order valence-electron chi connectivity index (χ2n) is 5.03. The highest BCUT2D eigenvalue weighted by molar-refractivity contribution is 5.86. The van der Waals surface area contributed by atoms with Crippen molar-refractivity contribution >= 4 is 17.9 Å². The number of quaternary nitrogens is 1. The van der Waals surface area contributed by atoms with Crippen LogP contribution in [0.4, 0.5) is 0 Å². The third-order valence-corrected chi connectivity index (χ3v) is 3.56. The molecule has 0 radical (unpaired) electrons. The molecule has 0 heterocycles. The number of carbonyl (C=O) groups excluding carboxylic acids is 1. The quantitative estimate of drug-likeness (QED) is 0.485. The minimum Gasteiger partial charge on any atom is -0.547 e. The van der Waals surface area contributed by atoms with E-state index in [4.69, 9.17) is 15.3 Å². The second-order valence-corrected chi connectivity index (χ2v) is 5.03. The summed E-state index contributed by atoms with van der Waals surface area (Å²) in [5.41, 5.74) is -2.85. The van der Waals surface area contributed by atoms with Crippen LogP contribution in [0.15, 0.2) is 0 Å². The molecule has 0 saturated carbocycles. The van der Waals surface area contributed by atoms with E-state index in [0.717, 1.165) is 0 Å². The van der Waals surface area contributed by atoms with Crippen molar-refractivity contribution in [2.24, 2.45) is 0 Å². The molecule has 0 atom stereocenters. The molecule has 21 heavy (non-hydrogen) atoms. The maximum Gasteiger partial charge on any atom is 0.306 e. The SMILES string of the molecule is CC[N+](C)(CC)CC.O=C(O)CC(O)(CC(=O)O)C(=O)[O-]. The van der Waals surface area contributed by atoms with Crippen LogP contribution in [0.5, 0.6) is 0 Å². The molecule has 0 aliphatic rings. The Morgan fingerprint density at radius 2 is 1.24 bits per heavy atom. The predicted octanol–water partition coefficient (Wildman–Crippen LogP) is -1.09. The Kier molecular flexibility index (Phi) is 9.58. The van der Waals surface area contributed by atoms with Gasteiger partial charge < -0.3 is 29.7 Å². The van der Waals surface area contributed by atoms with Crippen LogP contribution in [0.25, 0.3) is 0 Å². The summed E-state index contributed by atoms with van der Waals surface area (Å²) in [5, 5.41) is 35.5. The Labute approximate surface area is 124 Å². The van der Waals surface area contributed by atoms with Gasteiger partial charge in [0, 0.05) is 0 Å². The summed E-state index contributed by atoms with van der Waals surface area (Å²) in [7, 11) is 2.29. The third-order valence-electron chi connectivity index (χ3n) is 3.56. The van der Waals surface area contributed by atoms with Gasteiger partial charge in [-0.1, -0.05) is 0 Å². The van der Waals surface area contributed by atoms with E-state index in [0.29, 0.717) is 0 Å². The Morgan fingerprint density at radius 3 is 1.33 bits per heavy atom. The fourth-order valence-corrected chi connectivity index (χ4v) is 1.38. The van der Waals surface area contributed by atoms with E-state index in [1.807, 2.05) is 0 Å². The monoisotopic (exact) mass is 307 g/mol. The first-order valence-corrected chi connectivity index (χ1v) is 6.67. The average Bonchev–Trinajstić information content (AvgIpc) is 2.36. The molecule has 0 aliphatic carbocycles. The first-order chi connectivity index (χ1) is 9.46. The van der Waals surface area contributed by atoms with Gasteiger partial charge in [0.1, 0.15) is 5.60 Å². The summed E-state index contributed by atoms with van der Waals surface area (Å²) in [5.74, 6) is -5.35. The van der Waals surface area contributed by atoms with E-state index in [1.54, 1.807) is 0 Å². The van der Waals surface area contributed by atoms with E-state index < -0.39 is 36.4 Å². The maximum atomic E-state index is 10.2. The van der Waals surface area contributed by atoms with Crippen LogP contribution >= 0.6 is 0 Å². The van der Waals surface area contributed by atoms with Crippen molar-refractivity contribution in [3.05, 3.63) is 0 Å². The van der Waals surface area contributed by atoms with Crippen molar-refractivity contribution in [3.8, 4) is 0 Å². The number of hydrogen-bond donors (Lipinski definition) is 3. The number of carboxylic acids is 3. The molecule has 0 aromatic heterocycles. The van der Waals surface area contributed by atoms with Crippen LogP contribution in [0, 0.1) is 0 Å². The Morgan fingerprint density at radius 1 is 0.952 bits per heavy atom. The van der Waals surface area contributed by atoms with Gasteiger partial charge in [0.05, 0.1) is 45.5 Å². The van der Waals surface area contributed by atoms with E-state index in [9.17, 15) is 19.5 Å². The lowest BCUT2D eigenvalue weighted by atomic mass is 9.96. The second kappa shape index (κ2) is 9.30. The molecular weight excluding hydrogens is 282 g/mol. The van der Waals surface area contributed by atoms with Crippen LogP contribution in [-0.4, -0.2) is 70.0 Å². The molecule has 0 saturated heterocycles. The number of aliphatic carboxylic acids is 3. The molecule has 0 aliphatic heterocycles. The van der Waals surface area contributed by atoms with Gasteiger partial charge in [-0.2, -0.15) is 0 Å². The van der Waals surface area contributed by atoms with Gasteiger partial charge in [-0.15, -0.1) is 0 Å². The molecule has 0 spiro atoms. The smallest absolute Gasteiger partial charge is 0.306 e. The lowest BCUT2D eigenvalue weighted by Gasteiger charge is -2.30. The van der Waals surface area contributed by atoms with Gasteiger partial charge in [0.25, 0.3) is 0 Å². The number of carboxylic acid groups (broad SMARTS) is 3. The minimum atomic E-state index is -2.85. The summed E-state index contributed by atoms with van der Waals surface area (Å²) >= 11 is 0. The van der Waals surface area contributed by atoms with Crippen LogP contribution < -0.4 is 5.11 Å². The summed E-state index contributed by atoms with van der Waals surface area (Å²) in [4.78, 5) is 30.3. The molecule has 124 valence electrons. The van der Waals surface area contributed by atoms with Crippen molar-refractivity contribution in [3.63, 3.8) is 0 Å². The van der Waals surface area contributed by atoms with Gasteiger partial charge in [-0.05, 0) is 20.8 Å². The van der Waals surface area contributed by atoms with Crippen molar-refractivity contribution in [1.82, 2.24) is 0 Å². The van der Waals surface area contributed by atoms with E-state index in [2.05, 4.69) is 27.8 Å². The minimum absolute atomic E-state index is 1.21.